The normalized spacial score (nSPS) is 12.5. The zero-order valence-electron chi connectivity index (χ0n) is 12.2. The minimum absolute atomic E-state index is 0.0140. The number of para-hydroxylation sites is 1. The van der Waals surface area contributed by atoms with Gasteiger partial charge in [0.25, 0.3) is 5.56 Å². The molecule has 0 spiro atoms. The van der Waals surface area contributed by atoms with E-state index in [1.807, 2.05) is 50.4 Å². The van der Waals surface area contributed by atoms with E-state index in [0.717, 1.165) is 23.1 Å². The fraction of sp³-hybridized carbons (Fsp3) is 0.235. The van der Waals surface area contributed by atoms with Crippen LogP contribution in [-0.2, 0) is 6.42 Å². The molecule has 2 heterocycles. The van der Waals surface area contributed by atoms with Crippen LogP contribution < -0.4 is 5.56 Å². The van der Waals surface area contributed by atoms with Crippen LogP contribution in [-0.4, -0.2) is 14.5 Å². The number of aromatic nitrogens is 3. The van der Waals surface area contributed by atoms with E-state index < -0.39 is 0 Å². The highest BCUT2D eigenvalue weighted by Crippen LogP contribution is 2.15. The molecule has 1 atom stereocenters. The minimum Gasteiger partial charge on any atom is -0.296 e. The van der Waals surface area contributed by atoms with Gasteiger partial charge in [-0.3, -0.25) is 14.3 Å². The van der Waals surface area contributed by atoms with Crippen molar-refractivity contribution in [1.29, 1.82) is 0 Å². The molecule has 0 radical (unpaired) electrons. The molecule has 3 rings (SSSR count). The van der Waals surface area contributed by atoms with E-state index >= 15 is 0 Å². The molecular weight excluding hydrogens is 262 g/mol. The fourth-order valence-corrected chi connectivity index (χ4v) is 2.59. The summed E-state index contributed by atoms with van der Waals surface area (Å²) in [4.78, 5) is 21.2. The zero-order valence-corrected chi connectivity index (χ0v) is 12.2. The second kappa shape index (κ2) is 5.48. The Morgan fingerprint density at radius 3 is 2.86 bits per heavy atom. The first-order valence-corrected chi connectivity index (χ1v) is 7.02. The van der Waals surface area contributed by atoms with Crippen LogP contribution in [0.5, 0.6) is 0 Å². The molecule has 4 nitrogen and oxygen atoms in total. The maximum absolute atomic E-state index is 12.6. The Hall–Kier alpha value is -2.49. The Morgan fingerprint density at radius 2 is 2.10 bits per heavy atom. The average molecular weight is 279 g/mol. The molecule has 0 fully saturated rings. The second-order valence-corrected chi connectivity index (χ2v) is 5.34. The Kier molecular flexibility index (Phi) is 3.52. The first kappa shape index (κ1) is 13.5. The van der Waals surface area contributed by atoms with Crippen LogP contribution in [0.4, 0.5) is 0 Å². The van der Waals surface area contributed by atoms with E-state index in [0.29, 0.717) is 5.39 Å². The summed E-state index contributed by atoms with van der Waals surface area (Å²) in [5.41, 5.74) is 2.94. The molecule has 4 heteroatoms. The highest BCUT2D eigenvalue weighted by Gasteiger charge is 2.11. The maximum atomic E-state index is 12.6. The molecule has 0 saturated heterocycles. The maximum Gasteiger partial charge on any atom is 0.261 e. The molecule has 0 N–H and O–H groups in total. The summed E-state index contributed by atoms with van der Waals surface area (Å²) in [5.74, 6) is 0. The second-order valence-electron chi connectivity index (χ2n) is 5.34. The molecular formula is C17H17N3O. The van der Waals surface area contributed by atoms with Crippen molar-refractivity contribution >= 4 is 10.9 Å². The lowest BCUT2D eigenvalue weighted by Crippen LogP contribution is -2.25. The Labute approximate surface area is 123 Å². The molecule has 0 aliphatic rings. The summed E-state index contributed by atoms with van der Waals surface area (Å²) in [6.07, 6.45) is 5.99. The molecule has 21 heavy (non-hydrogen) atoms. The largest absolute Gasteiger partial charge is 0.296 e. The molecule has 0 saturated carbocycles. The van der Waals surface area contributed by atoms with Crippen LogP contribution in [0.1, 0.15) is 24.1 Å². The summed E-state index contributed by atoms with van der Waals surface area (Å²) in [5, 5.41) is 0.676. The van der Waals surface area contributed by atoms with E-state index in [2.05, 4.69) is 9.97 Å². The topological polar surface area (TPSA) is 47.8 Å². The predicted octanol–water partition coefficient (Wildman–Crippen LogP) is 2.90. The number of hydrogen-bond acceptors (Lipinski definition) is 3. The quantitative estimate of drug-likeness (QED) is 0.740. The van der Waals surface area contributed by atoms with Crippen LogP contribution >= 0.6 is 0 Å². The van der Waals surface area contributed by atoms with Gasteiger partial charge in [-0.1, -0.05) is 18.2 Å². The first-order valence-electron chi connectivity index (χ1n) is 7.02. The van der Waals surface area contributed by atoms with Gasteiger partial charge in [0.15, 0.2) is 0 Å². The SMILES string of the molecule is Cc1cccc2c(=O)n([C@@H](C)Cc3cccnc3)cnc12. The summed E-state index contributed by atoms with van der Waals surface area (Å²) in [7, 11) is 0. The number of hydrogen-bond donors (Lipinski definition) is 0. The highest BCUT2D eigenvalue weighted by molar-refractivity contribution is 5.80. The van der Waals surface area contributed by atoms with Gasteiger partial charge in [-0.25, -0.2) is 4.98 Å². The average Bonchev–Trinajstić information content (AvgIpc) is 2.49. The molecule has 0 unspecified atom stereocenters. The lowest BCUT2D eigenvalue weighted by atomic mass is 10.1. The molecule has 1 aromatic carbocycles. The minimum atomic E-state index is 0.0140. The van der Waals surface area contributed by atoms with Crippen molar-refractivity contribution in [3.05, 3.63) is 70.5 Å². The number of fused-ring (bicyclic) bond motifs is 1. The standard InChI is InChI=1S/C17H17N3O/c1-12-5-3-7-15-16(12)19-11-20(17(15)21)13(2)9-14-6-4-8-18-10-14/h3-8,10-11,13H,9H2,1-2H3/t13-/m0/s1. The summed E-state index contributed by atoms with van der Waals surface area (Å²) in [6, 6.07) is 9.68. The van der Waals surface area contributed by atoms with Crippen molar-refractivity contribution in [1.82, 2.24) is 14.5 Å². The van der Waals surface area contributed by atoms with Crippen LogP contribution in [0.25, 0.3) is 10.9 Å². The predicted molar refractivity (Wildman–Crippen MR) is 83.4 cm³/mol. The number of nitrogens with zero attached hydrogens (tertiary/aromatic N) is 3. The van der Waals surface area contributed by atoms with Crippen molar-refractivity contribution in [3.8, 4) is 0 Å². The van der Waals surface area contributed by atoms with E-state index in [4.69, 9.17) is 0 Å². The van der Waals surface area contributed by atoms with Gasteiger partial charge >= 0.3 is 0 Å². The van der Waals surface area contributed by atoms with Crippen molar-refractivity contribution < 1.29 is 0 Å². The van der Waals surface area contributed by atoms with E-state index in [1.165, 1.54) is 0 Å². The summed E-state index contributed by atoms with van der Waals surface area (Å²) < 4.78 is 1.70. The third kappa shape index (κ3) is 2.57. The van der Waals surface area contributed by atoms with Gasteiger partial charge in [-0.05, 0) is 43.5 Å². The third-order valence-electron chi connectivity index (χ3n) is 3.74. The molecule has 2 aromatic heterocycles. The van der Waals surface area contributed by atoms with Gasteiger partial charge in [0.2, 0.25) is 0 Å². The van der Waals surface area contributed by atoms with Gasteiger partial charge < -0.3 is 0 Å². The molecule has 0 aliphatic heterocycles. The molecule has 0 aliphatic carbocycles. The summed E-state index contributed by atoms with van der Waals surface area (Å²) >= 11 is 0. The van der Waals surface area contributed by atoms with Crippen molar-refractivity contribution in [2.24, 2.45) is 0 Å². The number of rotatable bonds is 3. The third-order valence-corrected chi connectivity index (χ3v) is 3.74. The number of benzene rings is 1. The van der Waals surface area contributed by atoms with Crippen molar-refractivity contribution in [3.63, 3.8) is 0 Å². The first-order chi connectivity index (χ1) is 10.2. The molecule has 3 aromatic rings. The molecule has 106 valence electrons. The van der Waals surface area contributed by atoms with E-state index in [-0.39, 0.29) is 11.6 Å². The smallest absolute Gasteiger partial charge is 0.261 e. The van der Waals surface area contributed by atoms with Crippen molar-refractivity contribution in [2.45, 2.75) is 26.3 Å². The number of pyridine rings is 1. The lowest BCUT2D eigenvalue weighted by molar-refractivity contribution is 0.522. The molecule has 0 amide bonds. The van der Waals surface area contributed by atoms with Gasteiger partial charge in [0, 0.05) is 18.4 Å². The van der Waals surface area contributed by atoms with Gasteiger partial charge in [-0.15, -0.1) is 0 Å². The Morgan fingerprint density at radius 1 is 1.24 bits per heavy atom. The highest BCUT2D eigenvalue weighted by atomic mass is 16.1. The lowest BCUT2D eigenvalue weighted by Gasteiger charge is -2.15. The fourth-order valence-electron chi connectivity index (χ4n) is 2.59. The Balaban J connectivity index is 2.01. The van der Waals surface area contributed by atoms with Gasteiger partial charge in [-0.2, -0.15) is 0 Å². The number of aryl methyl sites for hydroxylation is 1. The van der Waals surface area contributed by atoms with Crippen LogP contribution in [0.15, 0.2) is 53.8 Å². The Bertz CT molecular complexity index is 824. The van der Waals surface area contributed by atoms with Gasteiger partial charge in [0.1, 0.15) is 0 Å². The van der Waals surface area contributed by atoms with Crippen LogP contribution in [0.3, 0.4) is 0 Å². The van der Waals surface area contributed by atoms with Crippen LogP contribution in [0.2, 0.25) is 0 Å². The molecule has 0 bridgehead atoms. The van der Waals surface area contributed by atoms with Crippen LogP contribution in [0, 0.1) is 6.92 Å². The van der Waals surface area contributed by atoms with E-state index in [9.17, 15) is 4.79 Å². The zero-order chi connectivity index (χ0) is 14.8. The van der Waals surface area contributed by atoms with Gasteiger partial charge in [0.05, 0.1) is 17.2 Å². The van der Waals surface area contributed by atoms with E-state index in [1.54, 1.807) is 17.1 Å². The summed E-state index contributed by atoms with van der Waals surface area (Å²) in [6.45, 7) is 4.00. The van der Waals surface area contributed by atoms with Crippen molar-refractivity contribution in [2.75, 3.05) is 0 Å². The monoisotopic (exact) mass is 279 g/mol.